The molecule has 0 saturated heterocycles. The van der Waals surface area contributed by atoms with Gasteiger partial charge in [-0.05, 0) is 48.8 Å². The number of aryl methyl sites for hydroxylation is 2. The fraction of sp³-hybridized carbons (Fsp3) is 0.857. The highest BCUT2D eigenvalue weighted by Crippen LogP contribution is 2.22. The van der Waals surface area contributed by atoms with Crippen LogP contribution in [0.5, 0.6) is 0 Å². The van der Waals surface area contributed by atoms with Crippen LogP contribution in [0.25, 0.3) is 0 Å². The van der Waals surface area contributed by atoms with E-state index < -0.39 is 0 Å². The van der Waals surface area contributed by atoms with Crippen LogP contribution < -0.4 is 0 Å². The van der Waals surface area contributed by atoms with Crippen LogP contribution in [-0.2, 0) is 19.3 Å². The maximum absolute atomic E-state index is 2.43. The highest BCUT2D eigenvalue weighted by molar-refractivity contribution is 5.35. The zero-order valence-electron chi connectivity index (χ0n) is 29.6. The van der Waals surface area contributed by atoms with Gasteiger partial charge in [0.2, 0.25) is 0 Å². The molecular weight excluding hydrogens is 504 g/mol. The molecule has 1 aromatic rings. The predicted octanol–water partition coefficient (Wildman–Crippen LogP) is 15.1. The van der Waals surface area contributed by atoms with Crippen molar-refractivity contribution in [3.8, 4) is 0 Å². The lowest BCUT2D eigenvalue weighted by Crippen LogP contribution is -2.00. The first kappa shape index (κ1) is 39.2. The fourth-order valence-corrected chi connectivity index (χ4v) is 6.98. The monoisotopic (exact) mass is 583 g/mol. The zero-order valence-corrected chi connectivity index (χ0v) is 29.6. The van der Waals surface area contributed by atoms with Crippen molar-refractivity contribution in [2.24, 2.45) is 0 Å². The third kappa shape index (κ3) is 23.6. The van der Waals surface area contributed by atoms with E-state index in [-0.39, 0.29) is 0 Å². The van der Waals surface area contributed by atoms with E-state index in [0.717, 1.165) is 0 Å². The maximum Gasteiger partial charge on any atom is -0.0276 e. The van der Waals surface area contributed by atoms with E-state index in [2.05, 4.69) is 39.0 Å². The van der Waals surface area contributed by atoms with E-state index in [1.807, 2.05) is 0 Å². The second kappa shape index (κ2) is 31.6. The van der Waals surface area contributed by atoms with Gasteiger partial charge in [0, 0.05) is 0 Å². The van der Waals surface area contributed by atoms with Crippen LogP contribution in [0, 0.1) is 0 Å². The molecule has 0 heterocycles. The number of benzene rings is 1. The number of hydrogen-bond acceptors (Lipinski definition) is 0. The molecule has 0 unspecified atom stereocenters. The molecule has 0 aromatic heterocycles. The summed E-state index contributed by atoms with van der Waals surface area (Å²) in [6.45, 7) is 6.99. The first-order chi connectivity index (χ1) is 20.8. The van der Waals surface area contributed by atoms with Crippen molar-refractivity contribution >= 4 is 0 Å². The summed E-state index contributed by atoms with van der Waals surface area (Å²) in [6, 6.07) is 7.21. The summed E-state index contributed by atoms with van der Waals surface area (Å²) in [6.07, 6.45) is 47.3. The number of rotatable bonds is 33. The second-order valence-electron chi connectivity index (χ2n) is 13.8. The Morgan fingerprint density at radius 1 is 0.310 bits per heavy atom. The molecule has 0 amide bonds. The van der Waals surface area contributed by atoms with Crippen LogP contribution >= 0.6 is 0 Å². The Balaban J connectivity index is 2.00. The van der Waals surface area contributed by atoms with Gasteiger partial charge in [-0.1, -0.05) is 219 Å². The molecule has 0 aliphatic carbocycles. The Morgan fingerprint density at radius 2 is 0.548 bits per heavy atom. The van der Waals surface area contributed by atoms with Gasteiger partial charge < -0.3 is 0 Å². The minimum Gasteiger partial charge on any atom is -0.0654 e. The largest absolute Gasteiger partial charge is 0.0654 e. The average Bonchev–Trinajstić information content (AvgIpc) is 3.01. The van der Waals surface area contributed by atoms with Crippen molar-refractivity contribution in [1.29, 1.82) is 0 Å². The van der Waals surface area contributed by atoms with E-state index >= 15 is 0 Å². The Hall–Kier alpha value is -0.780. The Kier molecular flexibility index (Phi) is 29.6. The average molecular weight is 583 g/mol. The van der Waals surface area contributed by atoms with Crippen molar-refractivity contribution in [3.05, 3.63) is 34.9 Å². The SMILES string of the molecule is CCCCCCCCCCCCCCCCCc1cccc(CCCCCCCCCCCCCCCCC)c1CC. The summed E-state index contributed by atoms with van der Waals surface area (Å²) < 4.78 is 0. The van der Waals surface area contributed by atoms with Gasteiger partial charge in [-0.2, -0.15) is 0 Å². The van der Waals surface area contributed by atoms with Crippen LogP contribution in [0.3, 0.4) is 0 Å². The second-order valence-corrected chi connectivity index (χ2v) is 13.8. The zero-order chi connectivity index (χ0) is 30.2. The molecule has 0 atom stereocenters. The maximum atomic E-state index is 2.43. The molecule has 0 fully saturated rings. The van der Waals surface area contributed by atoms with E-state index in [9.17, 15) is 0 Å². The van der Waals surface area contributed by atoms with Gasteiger partial charge in [0.1, 0.15) is 0 Å². The van der Waals surface area contributed by atoms with Crippen LogP contribution in [0.15, 0.2) is 18.2 Å². The summed E-state index contributed by atoms with van der Waals surface area (Å²) in [5, 5.41) is 0. The molecule has 1 rings (SSSR count). The third-order valence-electron chi connectivity index (χ3n) is 9.82. The quantitative estimate of drug-likeness (QED) is 0.0723. The summed E-state index contributed by atoms with van der Waals surface area (Å²) in [4.78, 5) is 0. The fourth-order valence-electron chi connectivity index (χ4n) is 6.98. The standard InChI is InChI=1S/C42H78/c1-4-7-9-11-13-15-17-19-21-23-25-27-29-31-33-36-40-38-35-39-41(42(40)6-3)37-34-32-30-28-26-24-22-20-18-16-14-12-10-8-5-2/h35,38-39H,4-34,36-37H2,1-3H3. The first-order valence-corrected chi connectivity index (χ1v) is 19.9. The molecule has 0 nitrogen and oxygen atoms in total. The molecule has 0 heteroatoms. The van der Waals surface area contributed by atoms with Crippen molar-refractivity contribution in [3.63, 3.8) is 0 Å². The van der Waals surface area contributed by atoms with E-state index in [0.29, 0.717) is 0 Å². The molecule has 246 valence electrons. The van der Waals surface area contributed by atoms with Crippen LogP contribution in [0.4, 0.5) is 0 Å². The van der Waals surface area contributed by atoms with Crippen LogP contribution in [0.1, 0.15) is 230 Å². The number of hydrogen-bond donors (Lipinski definition) is 0. The minimum absolute atomic E-state index is 1.21. The molecule has 0 aliphatic rings. The van der Waals surface area contributed by atoms with E-state index in [4.69, 9.17) is 0 Å². The van der Waals surface area contributed by atoms with Gasteiger partial charge >= 0.3 is 0 Å². The van der Waals surface area contributed by atoms with Crippen molar-refractivity contribution in [2.75, 3.05) is 0 Å². The Morgan fingerprint density at radius 3 is 0.786 bits per heavy atom. The third-order valence-corrected chi connectivity index (χ3v) is 9.82. The molecular formula is C42H78. The van der Waals surface area contributed by atoms with Gasteiger partial charge in [-0.15, -0.1) is 0 Å². The van der Waals surface area contributed by atoms with Crippen molar-refractivity contribution < 1.29 is 0 Å². The van der Waals surface area contributed by atoms with Gasteiger partial charge in [0.15, 0.2) is 0 Å². The Bertz CT molecular complexity index is 606. The smallest absolute Gasteiger partial charge is 0.0276 e. The lowest BCUT2D eigenvalue weighted by molar-refractivity contribution is 0.531. The lowest BCUT2D eigenvalue weighted by Gasteiger charge is -2.14. The summed E-state index contributed by atoms with van der Waals surface area (Å²) >= 11 is 0. The van der Waals surface area contributed by atoms with Crippen LogP contribution in [0.2, 0.25) is 0 Å². The summed E-state index contributed by atoms with van der Waals surface area (Å²) in [7, 11) is 0. The lowest BCUT2D eigenvalue weighted by atomic mass is 9.92. The van der Waals surface area contributed by atoms with Gasteiger partial charge in [0.25, 0.3) is 0 Å². The molecule has 0 N–H and O–H groups in total. The predicted molar refractivity (Wildman–Crippen MR) is 193 cm³/mol. The van der Waals surface area contributed by atoms with Gasteiger partial charge in [-0.3, -0.25) is 0 Å². The normalized spacial score (nSPS) is 11.5. The molecule has 0 bridgehead atoms. The molecule has 0 radical (unpaired) electrons. The van der Waals surface area contributed by atoms with Gasteiger partial charge in [-0.25, -0.2) is 0 Å². The summed E-state index contributed by atoms with van der Waals surface area (Å²) in [5.74, 6) is 0. The topological polar surface area (TPSA) is 0 Å². The molecule has 0 saturated carbocycles. The van der Waals surface area contributed by atoms with E-state index in [1.165, 1.54) is 212 Å². The van der Waals surface area contributed by atoms with Crippen molar-refractivity contribution in [2.45, 2.75) is 233 Å². The molecule has 0 spiro atoms. The highest BCUT2D eigenvalue weighted by atomic mass is 14.1. The number of unbranched alkanes of at least 4 members (excludes halogenated alkanes) is 28. The highest BCUT2D eigenvalue weighted by Gasteiger charge is 2.07. The van der Waals surface area contributed by atoms with Crippen molar-refractivity contribution in [1.82, 2.24) is 0 Å². The first-order valence-electron chi connectivity index (χ1n) is 19.9. The van der Waals surface area contributed by atoms with Gasteiger partial charge in [0.05, 0.1) is 0 Å². The molecule has 42 heavy (non-hydrogen) atoms. The summed E-state index contributed by atoms with van der Waals surface area (Å²) in [5.41, 5.74) is 5.00. The van der Waals surface area contributed by atoms with Crippen LogP contribution in [-0.4, -0.2) is 0 Å². The molecule has 0 aliphatic heterocycles. The molecule has 1 aromatic carbocycles. The Labute approximate surface area is 267 Å². The van der Waals surface area contributed by atoms with E-state index in [1.54, 1.807) is 16.7 Å². The minimum atomic E-state index is 1.21.